The Kier molecular flexibility index (Phi) is 6.56. The van der Waals surface area contributed by atoms with E-state index in [1.807, 2.05) is 36.4 Å². The third-order valence-corrected chi connectivity index (χ3v) is 7.54. The van der Waals surface area contributed by atoms with E-state index in [1.54, 1.807) is 24.8 Å². The summed E-state index contributed by atoms with van der Waals surface area (Å²) in [4.78, 5) is 14.2. The predicted molar refractivity (Wildman–Crippen MR) is 104 cm³/mol. The van der Waals surface area contributed by atoms with Gasteiger partial charge >= 0.3 is 13.7 Å². The van der Waals surface area contributed by atoms with Crippen LogP contribution in [0.1, 0.15) is 31.9 Å². The first-order valence-corrected chi connectivity index (χ1v) is 11.1. The Balaban J connectivity index is 1.95. The minimum absolute atomic E-state index is 0.211. The molecular formula is C20H25N2O5P. The Morgan fingerprint density at radius 3 is 2.54 bits per heavy atom. The number of cyclic esters (lactones) is 1. The van der Waals surface area contributed by atoms with Crippen molar-refractivity contribution >= 4 is 13.7 Å². The van der Waals surface area contributed by atoms with Gasteiger partial charge in [0.1, 0.15) is 6.61 Å². The lowest BCUT2D eigenvalue weighted by atomic mass is 9.87. The average Bonchev–Trinajstić information content (AvgIpc) is 3.09. The fraction of sp³-hybridized carbons (Fsp3) is 0.500. The van der Waals surface area contributed by atoms with Crippen molar-refractivity contribution < 1.29 is 23.1 Å². The van der Waals surface area contributed by atoms with Crippen LogP contribution in [0.15, 0.2) is 42.5 Å². The largest absolute Gasteiger partial charge is 0.447 e. The molecule has 0 bridgehead atoms. The van der Waals surface area contributed by atoms with E-state index in [9.17, 15) is 14.6 Å². The Morgan fingerprint density at radius 2 is 1.93 bits per heavy atom. The third-order valence-electron chi connectivity index (χ3n) is 5.08. The lowest BCUT2D eigenvalue weighted by molar-refractivity contribution is 0.128. The zero-order valence-corrected chi connectivity index (χ0v) is 17.0. The molecule has 8 heteroatoms. The van der Waals surface area contributed by atoms with E-state index in [1.165, 1.54) is 0 Å². The number of amides is 1. The molecule has 0 radical (unpaired) electrons. The number of hydrogen-bond acceptors (Lipinski definition) is 6. The van der Waals surface area contributed by atoms with Crippen molar-refractivity contribution in [2.75, 3.05) is 19.8 Å². The maximum atomic E-state index is 13.3. The minimum Gasteiger partial charge on any atom is -0.447 e. The fourth-order valence-electron chi connectivity index (χ4n) is 3.90. The zero-order chi connectivity index (χ0) is 20.1. The summed E-state index contributed by atoms with van der Waals surface area (Å²) < 4.78 is 29.6. The van der Waals surface area contributed by atoms with Crippen molar-refractivity contribution in [3.63, 3.8) is 0 Å². The highest BCUT2D eigenvalue weighted by molar-refractivity contribution is 7.54. The summed E-state index contributed by atoms with van der Waals surface area (Å²) in [5.74, 6) is -0.731. The molecule has 150 valence electrons. The summed E-state index contributed by atoms with van der Waals surface area (Å²) in [6, 6.07) is 11.1. The number of nitriles is 1. The molecule has 0 saturated carbocycles. The number of carbonyl (C=O) groups is 1. The Bertz CT molecular complexity index is 797. The van der Waals surface area contributed by atoms with Crippen molar-refractivity contribution in [1.29, 1.82) is 5.26 Å². The van der Waals surface area contributed by atoms with Crippen molar-refractivity contribution in [1.82, 2.24) is 4.90 Å². The van der Waals surface area contributed by atoms with Gasteiger partial charge < -0.3 is 13.8 Å². The molecule has 1 saturated heterocycles. The van der Waals surface area contributed by atoms with Crippen LogP contribution in [0.5, 0.6) is 0 Å². The SMILES string of the molecule is CCOP(=O)(OCC)[C@@H]1C=CC[C@@H](N2C(=O)OC[C@H]2c2ccccc2)[C@H]1C#N. The molecule has 2 aliphatic rings. The Labute approximate surface area is 165 Å². The van der Waals surface area contributed by atoms with Crippen LogP contribution in [0.25, 0.3) is 0 Å². The number of nitrogens with zero attached hydrogens (tertiary/aromatic N) is 2. The quantitative estimate of drug-likeness (QED) is 0.498. The molecule has 4 atom stereocenters. The first kappa shape index (κ1) is 20.6. The predicted octanol–water partition coefficient (Wildman–Crippen LogP) is 4.28. The summed E-state index contributed by atoms with van der Waals surface area (Å²) in [7, 11) is -3.54. The van der Waals surface area contributed by atoms with Gasteiger partial charge in [-0.25, -0.2) is 4.79 Å². The van der Waals surface area contributed by atoms with E-state index in [0.717, 1.165) is 5.56 Å². The van der Waals surface area contributed by atoms with Gasteiger partial charge in [0.2, 0.25) is 0 Å². The molecule has 1 aromatic carbocycles. The van der Waals surface area contributed by atoms with E-state index < -0.39 is 31.3 Å². The van der Waals surface area contributed by atoms with Crippen LogP contribution in [0.2, 0.25) is 0 Å². The highest BCUT2D eigenvalue weighted by atomic mass is 31.2. The van der Waals surface area contributed by atoms with E-state index in [-0.39, 0.29) is 25.9 Å². The summed E-state index contributed by atoms with van der Waals surface area (Å²) in [6.45, 7) is 4.12. The molecule has 1 aliphatic heterocycles. The molecule has 1 aromatic rings. The molecule has 1 fully saturated rings. The second-order valence-electron chi connectivity index (χ2n) is 6.66. The first-order valence-electron chi connectivity index (χ1n) is 9.50. The van der Waals surface area contributed by atoms with Crippen molar-refractivity contribution in [3.05, 3.63) is 48.0 Å². The van der Waals surface area contributed by atoms with Crippen LogP contribution in [0.4, 0.5) is 4.79 Å². The minimum atomic E-state index is -3.54. The number of allylic oxidation sites excluding steroid dienone is 1. The molecule has 1 heterocycles. The summed E-state index contributed by atoms with van der Waals surface area (Å²) in [6.07, 6.45) is 3.60. The van der Waals surface area contributed by atoms with Gasteiger partial charge in [-0.05, 0) is 25.8 Å². The lowest BCUT2D eigenvalue weighted by Gasteiger charge is -2.39. The van der Waals surface area contributed by atoms with Gasteiger partial charge in [0.05, 0.1) is 42.9 Å². The van der Waals surface area contributed by atoms with Crippen molar-refractivity contribution in [2.45, 2.75) is 38.0 Å². The van der Waals surface area contributed by atoms with Gasteiger partial charge in [0.15, 0.2) is 0 Å². The number of carbonyl (C=O) groups excluding carboxylic acids is 1. The van der Waals surface area contributed by atoms with E-state index >= 15 is 0 Å². The molecule has 28 heavy (non-hydrogen) atoms. The normalized spacial score (nSPS) is 27.5. The zero-order valence-electron chi connectivity index (χ0n) is 16.1. The molecule has 0 unspecified atom stereocenters. The van der Waals surface area contributed by atoms with Crippen LogP contribution in [0, 0.1) is 17.2 Å². The molecule has 1 amide bonds. The monoisotopic (exact) mass is 404 g/mol. The molecular weight excluding hydrogens is 379 g/mol. The van der Waals surface area contributed by atoms with Gasteiger partial charge in [-0.2, -0.15) is 5.26 Å². The van der Waals surface area contributed by atoms with Gasteiger partial charge in [-0.1, -0.05) is 42.5 Å². The van der Waals surface area contributed by atoms with Crippen LogP contribution in [-0.4, -0.2) is 42.5 Å². The number of benzene rings is 1. The molecule has 7 nitrogen and oxygen atoms in total. The second kappa shape index (κ2) is 8.91. The topological polar surface area (TPSA) is 88.9 Å². The maximum Gasteiger partial charge on any atom is 0.410 e. The standard InChI is InChI=1S/C20H25N2O5P/c1-3-26-28(24,27-4-2)19-12-8-11-17(16(19)13-21)22-18(14-25-20(22)23)15-9-6-5-7-10-15/h5-10,12,16-19H,3-4,11,14H2,1-2H3/t16-,17-,18+,19-/m1/s1. The second-order valence-corrected chi connectivity index (χ2v) is 8.86. The highest BCUT2D eigenvalue weighted by Crippen LogP contribution is 2.58. The number of rotatable bonds is 7. The fourth-order valence-corrected chi connectivity index (χ4v) is 6.03. The van der Waals surface area contributed by atoms with Crippen LogP contribution in [0.3, 0.4) is 0 Å². The van der Waals surface area contributed by atoms with Crippen molar-refractivity contribution in [3.8, 4) is 6.07 Å². The maximum absolute atomic E-state index is 13.3. The van der Waals surface area contributed by atoms with Crippen LogP contribution in [-0.2, 0) is 18.3 Å². The summed E-state index contributed by atoms with van der Waals surface area (Å²) in [5.41, 5.74) is 0.204. The number of ether oxygens (including phenoxy) is 1. The van der Waals surface area contributed by atoms with Gasteiger partial charge in [-0.3, -0.25) is 9.46 Å². The molecule has 0 spiro atoms. The van der Waals surface area contributed by atoms with E-state index in [4.69, 9.17) is 13.8 Å². The third kappa shape index (κ3) is 3.86. The first-order chi connectivity index (χ1) is 13.6. The van der Waals surface area contributed by atoms with Crippen LogP contribution >= 0.6 is 7.60 Å². The smallest absolute Gasteiger partial charge is 0.410 e. The summed E-state index contributed by atoms with van der Waals surface area (Å²) >= 11 is 0. The van der Waals surface area contributed by atoms with Gasteiger partial charge in [-0.15, -0.1) is 0 Å². The van der Waals surface area contributed by atoms with Gasteiger partial charge in [0, 0.05) is 0 Å². The Hall–Kier alpha value is -2.13. The Morgan fingerprint density at radius 1 is 1.25 bits per heavy atom. The van der Waals surface area contributed by atoms with E-state index in [0.29, 0.717) is 6.42 Å². The number of hydrogen-bond donors (Lipinski definition) is 0. The molecule has 0 N–H and O–H groups in total. The lowest BCUT2D eigenvalue weighted by Crippen LogP contribution is -2.47. The highest BCUT2D eigenvalue weighted by Gasteiger charge is 2.50. The van der Waals surface area contributed by atoms with E-state index in [2.05, 4.69) is 6.07 Å². The average molecular weight is 404 g/mol. The molecule has 3 rings (SSSR count). The molecule has 1 aliphatic carbocycles. The molecule has 0 aromatic heterocycles. The van der Waals surface area contributed by atoms with Crippen LogP contribution < -0.4 is 0 Å². The van der Waals surface area contributed by atoms with Crippen molar-refractivity contribution in [2.24, 2.45) is 5.92 Å². The summed E-state index contributed by atoms with van der Waals surface area (Å²) in [5, 5.41) is 9.94. The van der Waals surface area contributed by atoms with Gasteiger partial charge in [0.25, 0.3) is 0 Å².